The molecule has 2 aromatic rings. The van der Waals surface area contributed by atoms with Crippen LogP contribution in [0.2, 0.25) is 0 Å². The Hall–Kier alpha value is -1.99. The molecule has 0 saturated heterocycles. The summed E-state index contributed by atoms with van der Waals surface area (Å²) >= 11 is 1.21. The largest absolute Gasteiger partial charge is 0.371 e. The molecule has 1 aliphatic rings. The topological polar surface area (TPSA) is 67.3 Å². The molecule has 1 aromatic heterocycles. The fourth-order valence-corrected chi connectivity index (χ4v) is 3.47. The molecular weight excluding hydrogens is 336 g/mol. The summed E-state index contributed by atoms with van der Waals surface area (Å²) in [6, 6.07) is 8.05. The van der Waals surface area contributed by atoms with Gasteiger partial charge in [0.05, 0.1) is 13.2 Å². The zero-order valence-electron chi connectivity index (χ0n) is 15.1. The molecule has 1 aliphatic heterocycles. The van der Waals surface area contributed by atoms with Crippen molar-refractivity contribution in [2.75, 3.05) is 25.5 Å². The predicted octanol–water partition coefficient (Wildman–Crippen LogP) is 3.61. The van der Waals surface area contributed by atoms with E-state index in [2.05, 4.69) is 26.8 Å². The van der Waals surface area contributed by atoms with Gasteiger partial charge in [-0.15, -0.1) is 0 Å². The Bertz CT molecular complexity index is 754. The molecule has 0 radical (unpaired) electrons. The number of hydrogen-bond donors (Lipinski definition) is 1. The average Bonchev–Trinajstić information content (AvgIpc) is 3.04. The first-order valence-corrected chi connectivity index (χ1v) is 9.17. The predicted molar refractivity (Wildman–Crippen MR) is 99.1 cm³/mol. The van der Waals surface area contributed by atoms with Crippen LogP contribution in [-0.4, -0.2) is 40.5 Å². The second-order valence-electron chi connectivity index (χ2n) is 7.29. The van der Waals surface area contributed by atoms with Crippen LogP contribution in [0.15, 0.2) is 24.3 Å². The number of ether oxygens (including phenoxy) is 1. The molecule has 134 valence electrons. The SMILES string of the molecule is CN(CC1OCCc2ccccc21)C(=O)Nc1nc(C(C)(C)C)ns1. The lowest BCUT2D eigenvalue weighted by Gasteiger charge is -2.29. The third kappa shape index (κ3) is 4.16. The molecule has 3 rings (SSSR count). The molecule has 2 amide bonds. The van der Waals surface area contributed by atoms with Crippen molar-refractivity contribution in [2.45, 2.75) is 38.7 Å². The number of likely N-dealkylation sites (N-methyl/N-ethyl adjacent to an activating group) is 1. The van der Waals surface area contributed by atoms with Crippen LogP contribution < -0.4 is 5.32 Å². The maximum absolute atomic E-state index is 12.5. The van der Waals surface area contributed by atoms with Gasteiger partial charge < -0.3 is 9.64 Å². The zero-order chi connectivity index (χ0) is 18.0. The lowest BCUT2D eigenvalue weighted by molar-refractivity contribution is 0.0280. The highest BCUT2D eigenvalue weighted by Crippen LogP contribution is 2.28. The zero-order valence-corrected chi connectivity index (χ0v) is 15.9. The summed E-state index contributed by atoms with van der Waals surface area (Å²) in [7, 11) is 1.77. The summed E-state index contributed by atoms with van der Waals surface area (Å²) in [5, 5.41) is 3.34. The minimum atomic E-state index is -0.205. The van der Waals surface area contributed by atoms with E-state index < -0.39 is 0 Å². The van der Waals surface area contributed by atoms with Crippen molar-refractivity contribution in [3.8, 4) is 0 Å². The Balaban J connectivity index is 1.63. The second kappa shape index (κ2) is 7.09. The maximum atomic E-state index is 12.5. The van der Waals surface area contributed by atoms with Gasteiger partial charge in [-0.25, -0.2) is 9.78 Å². The third-order valence-corrected chi connectivity index (χ3v) is 4.82. The number of amides is 2. The lowest BCUT2D eigenvalue weighted by atomic mass is 9.96. The van der Waals surface area contributed by atoms with Gasteiger partial charge in [-0.05, 0) is 17.5 Å². The molecule has 1 N–H and O–H groups in total. The van der Waals surface area contributed by atoms with Gasteiger partial charge in [0.25, 0.3) is 0 Å². The molecule has 7 heteroatoms. The number of benzene rings is 1. The molecule has 6 nitrogen and oxygen atoms in total. The molecule has 0 aliphatic carbocycles. The van der Waals surface area contributed by atoms with Crippen molar-refractivity contribution >= 4 is 22.7 Å². The number of hydrogen-bond acceptors (Lipinski definition) is 5. The Morgan fingerprint density at radius 2 is 2.16 bits per heavy atom. The summed E-state index contributed by atoms with van der Waals surface area (Å²) in [5.41, 5.74) is 2.33. The first kappa shape index (κ1) is 17.8. The summed E-state index contributed by atoms with van der Waals surface area (Å²) in [6.07, 6.45) is 0.823. The van der Waals surface area contributed by atoms with Gasteiger partial charge in [0.1, 0.15) is 11.9 Å². The van der Waals surface area contributed by atoms with Gasteiger partial charge in [0.15, 0.2) is 0 Å². The Labute approximate surface area is 152 Å². The number of fused-ring (bicyclic) bond motifs is 1. The number of rotatable bonds is 3. The van der Waals surface area contributed by atoms with Crippen LogP contribution >= 0.6 is 11.5 Å². The molecule has 1 atom stereocenters. The summed E-state index contributed by atoms with van der Waals surface area (Å²) < 4.78 is 10.2. The van der Waals surface area contributed by atoms with Crippen LogP contribution in [-0.2, 0) is 16.6 Å². The van der Waals surface area contributed by atoms with Gasteiger partial charge in [-0.3, -0.25) is 5.32 Å². The van der Waals surface area contributed by atoms with Crippen molar-refractivity contribution in [3.05, 3.63) is 41.2 Å². The van der Waals surface area contributed by atoms with Gasteiger partial charge >= 0.3 is 6.03 Å². The molecule has 0 bridgehead atoms. The van der Waals surface area contributed by atoms with Gasteiger partial charge in [0.2, 0.25) is 5.13 Å². The number of urea groups is 1. The van der Waals surface area contributed by atoms with E-state index in [-0.39, 0.29) is 17.6 Å². The highest BCUT2D eigenvalue weighted by molar-refractivity contribution is 7.09. The van der Waals surface area contributed by atoms with Crippen LogP contribution in [0.3, 0.4) is 0 Å². The molecule has 0 fully saturated rings. The summed E-state index contributed by atoms with van der Waals surface area (Å²) in [6.45, 7) is 7.32. The number of carbonyl (C=O) groups is 1. The van der Waals surface area contributed by atoms with E-state index in [1.165, 1.54) is 22.7 Å². The number of aromatic nitrogens is 2. The van der Waals surface area contributed by atoms with E-state index in [9.17, 15) is 4.79 Å². The van der Waals surface area contributed by atoms with E-state index in [1.54, 1.807) is 11.9 Å². The Morgan fingerprint density at radius 3 is 2.88 bits per heavy atom. The Kier molecular flexibility index (Phi) is 5.06. The van der Waals surface area contributed by atoms with Crippen molar-refractivity contribution in [2.24, 2.45) is 0 Å². The van der Waals surface area contributed by atoms with Crippen LogP contribution in [0.1, 0.15) is 43.8 Å². The van der Waals surface area contributed by atoms with Crippen LogP contribution in [0.25, 0.3) is 0 Å². The number of nitrogens with one attached hydrogen (secondary N) is 1. The van der Waals surface area contributed by atoms with E-state index in [0.29, 0.717) is 18.3 Å². The fraction of sp³-hybridized carbons (Fsp3) is 0.500. The highest BCUT2D eigenvalue weighted by Gasteiger charge is 2.25. The molecule has 0 saturated carbocycles. The molecular formula is C18H24N4O2S. The molecule has 25 heavy (non-hydrogen) atoms. The van der Waals surface area contributed by atoms with Crippen molar-refractivity contribution in [3.63, 3.8) is 0 Å². The van der Waals surface area contributed by atoms with Crippen LogP contribution in [0.4, 0.5) is 9.93 Å². The second-order valence-corrected chi connectivity index (χ2v) is 8.04. The van der Waals surface area contributed by atoms with Gasteiger partial charge in [-0.2, -0.15) is 4.37 Å². The number of carbonyl (C=O) groups excluding carboxylic acids is 1. The Morgan fingerprint density at radius 1 is 1.40 bits per heavy atom. The maximum Gasteiger partial charge on any atom is 0.323 e. The highest BCUT2D eigenvalue weighted by atomic mass is 32.1. The average molecular weight is 360 g/mol. The fourth-order valence-electron chi connectivity index (χ4n) is 2.73. The monoisotopic (exact) mass is 360 g/mol. The molecule has 1 unspecified atom stereocenters. The van der Waals surface area contributed by atoms with Crippen LogP contribution in [0, 0.1) is 0 Å². The van der Waals surface area contributed by atoms with E-state index in [1.807, 2.05) is 32.9 Å². The molecule has 0 spiro atoms. The first-order chi connectivity index (χ1) is 11.8. The smallest absolute Gasteiger partial charge is 0.323 e. The molecule has 1 aromatic carbocycles. The van der Waals surface area contributed by atoms with E-state index in [0.717, 1.165) is 12.2 Å². The van der Waals surface area contributed by atoms with Crippen molar-refractivity contribution in [1.82, 2.24) is 14.3 Å². The summed E-state index contributed by atoms with van der Waals surface area (Å²) in [4.78, 5) is 18.5. The third-order valence-electron chi connectivity index (χ3n) is 4.19. The minimum Gasteiger partial charge on any atom is -0.371 e. The minimum absolute atomic E-state index is 0.0970. The van der Waals surface area contributed by atoms with Gasteiger partial charge in [0, 0.05) is 24.0 Å². The normalized spacial score (nSPS) is 17.0. The van der Waals surface area contributed by atoms with Crippen molar-refractivity contribution < 1.29 is 9.53 Å². The van der Waals surface area contributed by atoms with Gasteiger partial charge in [-0.1, -0.05) is 45.0 Å². The number of anilines is 1. The van der Waals surface area contributed by atoms with Crippen LogP contribution in [0.5, 0.6) is 0 Å². The first-order valence-electron chi connectivity index (χ1n) is 8.40. The standard InChI is InChI=1S/C18H24N4O2S/c1-18(2,3)15-19-16(25-21-15)20-17(23)22(4)11-14-13-8-6-5-7-12(13)9-10-24-14/h5-8,14H,9-11H2,1-4H3,(H,19,20,21,23). The lowest BCUT2D eigenvalue weighted by Crippen LogP contribution is -2.36. The van der Waals surface area contributed by atoms with E-state index >= 15 is 0 Å². The quantitative estimate of drug-likeness (QED) is 0.908. The number of nitrogens with zero attached hydrogens (tertiary/aromatic N) is 3. The summed E-state index contributed by atoms with van der Waals surface area (Å²) in [5.74, 6) is 0.736. The molecule has 2 heterocycles. The van der Waals surface area contributed by atoms with E-state index in [4.69, 9.17) is 4.74 Å². The van der Waals surface area contributed by atoms with Crippen molar-refractivity contribution in [1.29, 1.82) is 0 Å².